The number of aromatic amines is 1. The molecule has 0 saturated carbocycles. The Balaban J connectivity index is 1.67. The first kappa shape index (κ1) is 17.3. The molecule has 0 spiro atoms. The minimum atomic E-state index is -0.135. The molecule has 3 heterocycles. The first-order chi connectivity index (χ1) is 13.0. The van der Waals surface area contributed by atoms with Crippen molar-refractivity contribution < 1.29 is 4.79 Å². The quantitative estimate of drug-likeness (QED) is 0.761. The van der Waals surface area contributed by atoms with Crippen molar-refractivity contribution in [3.63, 3.8) is 0 Å². The predicted octanol–water partition coefficient (Wildman–Crippen LogP) is 2.57. The van der Waals surface area contributed by atoms with Crippen LogP contribution in [0.1, 0.15) is 12.5 Å². The Hall–Kier alpha value is -3.15. The minimum Gasteiger partial charge on any atom is -0.368 e. The summed E-state index contributed by atoms with van der Waals surface area (Å²) < 4.78 is 0. The van der Waals surface area contributed by atoms with E-state index in [0.717, 1.165) is 48.3 Å². The summed E-state index contributed by atoms with van der Waals surface area (Å²) in [6.07, 6.45) is 1.62. The van der Waals surface area contributed by atoms with Gasteiger partial charge >= 0.3 is 0 Å². The second-order valence-corrected chi connectivity index (χ2v) is 6.93. The summed E-state index contributed by atoms with van der Waals surface area (Å²) in [5.74, 6) is 0.136. The Morgan fingerprint density at radius 3 is 2.59 bits per heavy atom. The molecule has 1 fully saturated rings. The van der Waals surface area contributed by atoms with Crippen LogP contribution in [-0.4, -0.2) is 47.0 Å². The summed E-state index contributed by atoms with van der Waals surface area (Å²) in [7, 11) is 0. The van der Waals surface area contributed by atoms with Crippen molar-refractivity contribution in [2.75, 3.05) is 31.1 Å². The van der Waals surface area contributed by atoms with E-state index in [1.54, 1.807) is 19.2 Å². The molecular weight excluding hydrogens is 340 g/mol. The SMILES string of the molecule is CC(=O)N1CCN(c2ccc3nc(-c4ccc[nH]c4=O)cc(C)c3c2)CC1. The van der Waals surface area contributed by atoms with Crippen LogP contribution in [0.3, 0.4) is 0 Å². The molecule has 0 radical (unpaired) electrons. The Kier molecular flexibility index (Phi) is 4.39. The first-order valence-corrected chi connectivity index (χ1v) is 9.13. The zero-order valence-corrected chi connectivity index (χ0v) is 15.5. The number of hydrogen-bond acceptors (Lipinski definition) is 4. The van der Waals surface area contributed by atoms with Gasteiger partial charge in [0.1, 0.15) is 0 Å². The summed E-state index contributed by atoms with van der Waals surface area (Å²) in [6, 6.07) is 11.8. The molecule has 1 N–H and O–H groups in total. The fraction of sp³-hybridized carbons (Fsp3) is 0.286. The molecule has 0 bridgehead atoms. The van der Waals surface area contributed by atoms with Crippen molar-refractivity contribution in [2.24, 2.45) is 0 Å². The maximum atomic E-state index is 12.1. The topological polar surface area (TPSA) is 69.3 Å². The van der Waals surface area contributed by atoms with Crippen LogP contribution in [0.4, 0.5) is 5.69 Å². The number of anilines is 1. The molecule has 0 unspecified atom stereocenters. The number of aryl methyl sites for hydroxylation is 1. The van der Waals surface area contributed by atoms with Gasteiger partial charge in [-0.2, -0.15) is 0 Å². The fourth-order valence-corrected chi connectivity index (χ4v) is 3.62. The van der Waals surface area contributed by atoms with E-state index in [1.807, 2.05) is 30.0 Å². The number of amides is 1. The van der Waals surface area contributed by atoms with E-state index in [4.69, 9.17) is 4.98 Å². The lowest BCUT2D eigenvalue weighted by molar-refractivity contribution is -0.129. The van der Waals surface area contributed by atoms with E-state index in [2.05, 4.69) is 22.0 Å². The minimum absolute atomic E-state index is 0.135. The summed E-state index contributed by atoms with van der Waals surface area (Å²) >= 11 is 0. The first-order valence-electron chi connectivity index (χ1n) is 9.13. The van der Waals surface area contributed by atoms with Gasteiger partial charge in [0.25, 0.3) is 5.56 Å². The summed E-state index contributed by atoms with van der Waals surface area (Å²) in [4.78, 5) is 35.2. The highest BCUT2D eigenvalue weighted by Gasteiger charge is 2.19. The van der Waals surface area contributed by atoms with Gasteiger partial charge in [0.2, 0.25) is 5.91 Å². The molecule has 6 heteroatoms. The summed E-state index contributed by atoms with van der Waals surface area (Å²) in [6.45, 7) is 6.82. The van der Waals surface area contributed by atoms with Crippen LogP contribution in [0, 0.1) is 6.92 Å². The third-order valence-electron chi connectivity index (χ3n) is 5.18. The van der Waals surface area contributed by atoms with Gasteiger partial charge < -0.3 is 14.8 Å². The number of carbonyl (C=O) groups excluding carboxylic acids is 1. The van der Waals surface area contributed by atoms with Crippen LogP contribution in [0.15, 0.2) is 47.4 Å². The predicted molar refractivity (Wildman–Crippen MR) is 107 cm³/mol. The second-order valence-electron chi connectivity index (χ2n) is 6.93. The van der Waals surface area contributed by atoms with Crippen LogP contribution in [0.5, 0.6) is 0 Å². The van der Waals surface area contributed by atoms with Gasteiger partial charge in [-0.1, -0.05) is 0 Å². The molecule has 1 aliphatic heterocycles. The molecule has 138 valence electrons. The molecule has 0 aliphatic carbocycles. The summed E-state index contributed by atoms with van der Waals surface area (Å²) in [5.41, 5.74) is 4.23. The summed E-state index contributed by atoms with van der Waals surface area (Å²) in [5, 5.41) is 1.08. The maximum absolute atomic E-state index is 12.1. The molecule has 1 aliphatic rings. The Labute approximate surface area is 157 Å². The second kappa shape index (κ2) is 6.87. The average molecular weight is 362 g/mol. The van der Waals surface area contributed by atoms with Crippen LogP contribution >= 0.6 is 0 Å². The van der Waals surface area contributed by atoms with Gasteiger partial charge in [0.05, 0.1) is 16.8 Å². The lowest BCUT2D eigenvalue weighted by Gasteiger charge is -2.35. The molecule has 1 amide bonds. The molecule has 1 aromatic carbocycles. The number of rotatable bonds is 2. The number of aromatic nitrogens is 2. The zero-order valence-electron chi connectivity index (χ0n) is 15.5. The van der Waals surface area contributed by atoms with Gasteiger partial charge in [-0.25, -0.2) is 4.98 Å². The standard InChI is InChI=1S/C21H22N4O2/c1-14-12-20(17-4-3-7-22-21(17)27)23-19-6-5-16(13-18(14)19)25-10-8-24(9-11-25)15(2)26/h3-7,12-13H,8-11H2,1-2H3,(H,22,27). The van der Waals surface area contributed by atoms with E-state index in [9.17, 15) is 9.59 Å². The number of carbonyl (C=O) groups is 1. The molecule has 4 rings (SSSR count). The molecule has 27 heavy (non-hydrogen) atoms. The molecule has 3 aromatic rings. The third-order valence-corrected chi connectivity index (χ3v) is 5.18. The molecule has 2 aromatic heterocycles. The van der Waals surface area contributed by atoms with Crippen molar-refractivity contribution in [3.05, 3.63) is 58.5 Å². The number of hydrogen-bond donors (Lipinski definition) is 1. The van der Waals surface area contributed by atoms with Gasteiger partial charge in [-0.3, -0.25) is 9.59 Å². The van der Waals surface area contributed by atoms with E-state index in [1.165, 1.54) is 0 Å². The Morgan fingerprint density at radius 2 is 1.89 bits per heavy atom. The van der Waals surface area contributed by atoms with Crippen LogP contribution < -0.4 is 10.5 Å². The van der Waals surface area contributed by atoms with Crippen LogP contribution in [-0.2, 0) is 4.79 Å². The van der Waals surface area contributed by atoms with Gasteiger partial charge in [-0.15, -0.1) is 0 Å². The van der Waals surface area contributed by atoms with Gasteiger partial charge in [0, 0.05) is 50.4 Å². The number of benzene rings is 1. The number of H-pyrrole nitrogens is 1. The maximum Gasteiger partial charge on any atom is 0.257 e. The van der Waals surface area contributed by atoms with Crippen molar-refractivity contribution in [1.29, 1.82) is 0 Å². The van der Waals surface area contributed by atoms with Crippen molar-refractivity contribution in [3.8, 4) is 11.3 Å². The number of nitrogens with zero attached hydrogens (tertiary/aromatic N) is 3. The normalized spacial score (nSPS) is 14.6. The number of nitrogens with one attached hydrogen (secondary N) is 1. The largest absolute Gasteiger partial charge is 0.368 e. The third kappa shape index (κ3) is 3.30. The Morgan fingerprint density at radius 1 is 1.11 bits per heavy atom. The van der Waals surface area contributed by atoms with Crippen LogP contribution in [0.2, 0.25) is 0 Å². The number of piperazine rings is 1. The molecule has 1 saturated heterocycles. The Bertz CT molecular complexity index is 1070. The highest BCUT2D eigenvalue weighted by molar-refractivity contribution is 5.88. The van der Waals surface area contributed by atoms with Crippen molar-refractivity contribution in [1.82, 2.24) is 14.9 Å². The molecule has 0 atom stereocenters. The molecule has 6 nitrogen and oxygen atoms in total. The lowest BCUT2D eigenvalue weighted by Crippen LogP contribution is -2.48. The monoisotopic (exact) mass is 362 g/mol. The van der Waals surface area contributed by atoms with E-state index in [-0.39, 0.29) is 11.5 Å². The van der Waals surface area contributed by atoms with Gasteiger partial charge in [0.15, 0.2) is 0 Å². The smallest absolute Gasteiger partial charge is 0.257 e. The van der Waals surface area contributed by atoms with Crippen molar-refractivity contribution >= 4 is 22.5 Å². The van der Waals surface area contributed by atoms with E-state index in [0.29, 0.717) is 11.3 Å². The number of fused-ring (bicyclic) bond motifs is 1. The fourth-order valence-electron chi connectivity index (χ4n) is 3.62. The van der Waals surface area contributed by atoms with E-state index >= 15 is 0 Å². The molecular formula is C21H22N4O2. The van der Waals surface area contributed by atoms with Crippen molar-refractivity contribution in [2.45, 2.75) is 13.8 Å². The average Bonchev–Trinajstić information content (AvgIpc) is 2.68. The zero-order chi connectivity index (χ0) is 19.0. The van der Waals surface area contributed by atoms with Gasteiger partial charge in [-0.05, 0) is 48.9 Å². The lowest BCUT2D eigenvalue weighted by atomic mass is 10.0. The highest BCUT2D eigenvalue weighted by Crippen LogP contribution is 2.27. The number of pyridine rings is 2. The highest BCUT2D eigenvalue weighted by atomic mass is 16.2. The van der Waals surface area contributed by atoms with E-state index < -0.39 is 0 Å². The van der Waals surface area contributed by atoms with Crippen LogP contribution in [0.25, 0.3) is 22.2 Å².